The Hall–Kier alpha value is -1.71. The zero-order valence-corrected chi connectivity index (χ0v) is 13.6. The van der Waals surface area contributed by atoms with Gasteiger partial charge in [0.25, 0.3) is 0 Å². The van der Waals surface area contributed by atoms with Gasteiger partial charge in [-0.15, -0.1) is 0 Å². The molecule has 4 heteroatoms. The van der Waals surface area contributed by atoms with E-state index in [-0.39, 0.29) is 0 Å². The maximum absolute atomic E-state index is 5.94. The maximum atomic E-state index is 5.94. The highest BCUT2D eigenvalue weighted by atomic mass is 35.5. The summed E-state index contributed by atoms with van der Waals surface area (Å²) >= 11 is 5.94. The molecule has 0 atom stereocenters. The van der Waals surface area contributed by atoms with Crippen LogP contribution in [0.25, 0.3) is 0 Å². The van der Waals surface area contributed by atoms with Crippen molar-refractivity contribution < 1.29 is 9.64 Å². The molecule has 1 aliphatic rings. The summed E-state index contributed by atoms with van der Waals surface area (Å²) < 4.78 is 5.22. The van der Waals surface area contributed by atoms with E-state index in [1.54, 1.807) is 12.0 Å². The van der Waals surface area contributed by atoms with Crippen LogP contribution < -0.4 is 14.5 Å². The molecular weight excluding hydrogens is 296 g/mol. The monoisotopic (exact) mass is 317 g/mol. The summed E-state index contributed by atoms with van der Waals surface area (Å²) in [5.74, 6) is 0.913. The van der Waals surface area contributed by atoms with Gasteiger partial charge in [-0.25, -0.2) is 0 Å². The second-order valence-corrected chi connectivity index (χ2v) is 6.17. The van der Waals surface area contributed by atoms with Gasteiger partial charge in [0.2, 0.25) is 0 Å². The number of rotatable bonds is 4. The number of hydrogen-bond donors (Lipinski definition) is 1. The predicted molar refractivity (Wildman–Crippen MR) is 91.1 cm³/mol. The van der Waals surface area contributed by atoms with Gasteiger partial charge >= 0.3 is 0 Å². The molecule has 1 heterocycles. The highest BCUT2D eigenvalue weighted by molar-refractivity contribution is 6.30. The lowest BCUT2D eigenvalue weighted by Crippen LogP contribution is -3.13. The van der Waals surface area contributed by atoms with Gasteiger partial charge in [-0.3, -0.25) is 0 Å². The molecule has 0 spiro atoms. The number of benzene rings is 2. The smallest absolute Gasteiger partial charge is 0.119 e. The van der Waals surface area contributed by atoms with Crippen molar-refractivity contribution in [1.29, 1.82) is 0 Å². The molecule has 0 amide bonds. The minimum Gasteiger partial charge on any atom is -0.497 e. The zero-order valence-electron chi connectivity index (χ0n) is 12.9. The van der Waals surface area contributed by atoms with Crippen LogP contribution in [0.3, 0.4) is 0 Å². The first kappa shape index (κ1) is 15.2. The molecule has 3 rings (SSSR count). The Morgan fingerprint density at radius 1 is 1.00 bits per heavy atom. The van der Waals surface area contributed by atoms with Crippen LogP contribution in [0.15, 0.2) is 48.5 Å². The third-order valence-corrected chi connectivity index (χ3v) is 4.53. The molecule has 0 unspecified atom stereocenters. The van der Waals surface area contributed by atoms with E-state index >= 15 is 0 Å². The second kappa shape index (κ2) is 7.03. The third kappa shape index (κ3) is 3.73. The van der Waals surface area contributed by atoms with Gasteiger partial charge in [0, 0.05) is 16.3 Å². The first-order valence-electron chi connectivity index (χ1n) is 7.71. The minimum atomic E-state index is 0.808. The average Bonchev–Trinajstić information content (AvgIpc) is 2.58. The number of anilines is 1. The van der Waals surface area contributed by atoms with Gasteiger partial charge in [-0.2, -0.15) is 0 Å². The molecule has 0 radical (unpaired) electrons. The Morgan fingerprint density at radius 2 is 1.64 bits per heavy atom. The fourth-order valence-electron chi connectivity index (χ4n) is 2.94. The van der Waals surface area contributed by atoms with Crippen LogP contribution >= 0.6 is 11.6 Å². The first-order chi connectivity index (χ1) is 10.7. The number of methoxy groups -OCH3 is 1. The van der Waals surface area contributed by atoms with E-state index in [1.165, 1.54) is 11.3 Å². The maximum Gasteiger partial charge on any atom is 0.119 e. The summed E-state index contributed by atoms with van der Waals surface area (Å²) in [5.41, 5.74) is 2.64. The van der Waals surface area contributed by atoms with Crippen molar-refractivity contribution in [2.24, 2.45) is 0 Å². The highest BCUT2D eigenvalue weighted by Gasteiger charge is 2.20. The fourth-order valence-corrected chi connectivity index (χ4v) is 3.07. The van der Waals surface area contributed by atoms with E-state index in [1.807, 2.05) is 24.3 Å². The predicted octanol–water partition coefficient (Wildman–Crippen LogP) is 2.25. The Labute approximate surface area is 137 Å². The van der Waals surface area contributed by atoms with Gasteiger partial charge in [0.1, 0.15) is 12.3 Å². The highest BCUT2D eigenvalue weighted by Crippen LogP contribution is 2.19. The largest absolute Gasteiger partial charge is 0.497 e. The molecule has 2 aromatic carbocycles. The van der Waals surface area contributed by atoms with E-state index in [9.17, 15) is 0 Å². The lowest BCUT2D eigenvalue weighted by atomic mass is 10.2. The number of quaternary nitrogens is 1. The van der Waals surface area contributed by atoms with Gasteiger partial charge in [0.05, 0.1) is 33.3 Å². The zero-order chi connectivity index (χ0) is 15.4. The van der Waals surface area contributed by atoms with Crippen molar-refractivity contribution in [2.45, 2.75) is 6.54 Å². The van der Waals surface area contributed by atoms with E-state index in [2.05, 4.69) is 29.2 Å². The Kier molecular flexibility index (Phi) is 4.86. The summed E-state index contributed by atoms with van der Waals surface area (Å²) in [7, 11) is 1.70. The van der Waals surface area contributed by atoms with Crippen molar-refractivity contribution in [3.63, 3.8) is 0 Å². The van der Waals surface area contributed by atoms with Crippen LogP contribution in [-0.4, -0.2) is 33.3 Å². The summed E-state index contributed by atoms with van der Waals surface area (Å²) in [6.07, 6.45) is 0. The Balaban J connectivity index is 1.54. The molecule has 1 saturated heterocycles. The van der Waals surface area contributed by atoms with E-state index < -0.39 is 0 Å². The Morgan fingerprint density at radius 3 is 2.23 bits per heavy atom. The number of halogens is 1. The van der Waals surface area contributed by atoms with Gasteiger partial charge in [-0.1, -0.05) is 23.7 Å². The number of nitrogens with zero attached hydrogens (tertiary/aromatic N) is 1. The fraction of sp³-hybridized carbons (Fsp3) is 0.333. The molecule has 1 aliphatic heterocycles. The molecule has 0 aliphatic carbocycles. The van der Waals surface area contributed by atoms with Crippen LogP contribution in [0.1, 0.15) is 5.56 Å². The molecule has 1 N–H and O–H groups in total. The molecule has 1 fully saturated rings. The molecule has 3 nitrogen and oxygen atoms in total. The van der Waals surface area contributed by atoms with Gasteiger partial charge in [-0.05, 0) is 36.4 Å². The quantitative estimate of drug-likeness (QED) is 0.931. The van der Waals surface area contributed by atoms with E-state index in [0.717, 1.165) is 43.5 Å². The van der Waals surface area contributed by atoms with Crippen LogP contribution in [-0.2, 0) is 6.54 Å². The van der Waals surface area contributed by atoms with Crippen molar-refractivity contribution in [3.8, 4) is 5.75 Å². The SMILES string of the molecule is COc1ccc(N2CC[NH+](Cc3ccc(Cl)cc3)CC2)cc1. The van der Waals surface area contributed by atoms with Crippen LogP contribution in [0, 0.1) is 0 Å². The normalized spacial score (nSPS) is 15.8. The molecule has 0 saturated carbocycles. The number of ether oxygens (including phenoxy) is 1. The Bertz CT molecular complexity index is 589. The third-order valence-electron chi connectivity index (χ3n) is 4.28. The summed E-state index contributed by atoms with van der Waals surface area (Å²) in [5, 5.41) is 0.808. The van der Waals surface area contributed by atoms with E-state index in [4.69, 9.17) is 16.3 Å². The summed E-state index contributed by atoms with van der Waals surface area (Å²) in [6.45, 7) is 5.58. The lowest BCUT2D eigenvalue weighted by molar-refractivity contribution is -0.914. The molecule has 22 heavy (non-hydrogen) atoms. The van der Waals surface area contributed by atoms with Gasteiger partial charge < -0.3 is 14.5 Å². The molecule has 116 valence electrons. The minimum absolute atomic E-state index is 0.808. The first-order valence-corrected chi connectivity index (χ1v) is 8.09. The molecule has 0 bridgehead atoms. The number of hydrogen-bond acceptors (Lipinski definition) is 2. The second-order valence-electron chi connectivity index (χ2n) is 5.74. The van der Waals surface area contributed by atoms with Crippen molar-refractivity contribution >= 4 is 17.3 Å². The molecule has 0 aromatic heterocycles. The van der Waals surface area contributed by atoms with E-state index in [0.29, 0.717) is 0 Å². The molecular formula is C18H22ClN2O+. The van der Waals surface area contributed by atoms with Crippen LogP contribution in [0.4, 0.5) is 5.69 Å². The number of piperazine rings is 1. The summed E-state index contributed by atoms with van der Waals surface area (Å²) in [6, 6.07) is 16.6. The van der Waals surface area contributed by atoms with Crippen LogP contribution in [0.2, 0.25) is 5.02 Å². The lowest BCUT2D eigenvalue weighted by Gasteiger charge is -2.33. The molecule has 2 aromatic rings. The van der Waals surface area contributed by atoms with Crippen molar-refractivity contribution in [1.82, 2.24) is 0 Å². The van der Waals surface area contributed by atoms with Crippen molar-refractivity contribution in [3.05, 3.63) is 59.1 Å². The van der Waals surface area contributed by atoms with Crippen LogP contribution in [0.5, 0.6) is 5.75 Å². The average molecular weight is 318 g/mol. The van der Waals surface area contributed by atoms with Crippen molar-refractivity contribution in [2.75, 3.05) is 38.2 Å². The standard InChI is InChI=1S/C18H21ClN2O/c1-22-18-8-6-17(7-9-18)21-12-10-20(11-13-21)14-15-2-4-16(19)5-3-15/h2-9H,10-14H2,1H3/p+1. The summed E-state index contributed by atoms with van der Waals surface area (Å²) in [4.78, 5) is 4.08. The number of nitrogens with one attached hydrogen (secondary N) is 1. The van der Waals surface area contributed by atoms with Gasteiger partial charge in [0.15, 0.2) is 0 Å². The topological polar surface area (TPSA) is 16.9 Å².